The number of benzene rings is 3. The van der Waals surface area contributed by atoms with Crippen LogP contribution in [0.1, 0.15) is 47.1 Å². The molecule has 2 aliphatic heterocycles. The zero-order valence-corrected chi connectivity index (χ0v) is 33.9. The Balaban J connectivity index is 1.14. The lowest BCUT2D eigenvalue weighted by Crippen LogP contribution is -2.71. The van der Waals surface area contributed by atoms with Gasteiger partial charge in [-0.05, 0) is 45.3 Å². The molecule has 0 bridgehead atoms. The van der Waals surface area contributed by atoms with Crippen molar-refractivity contribution in [3.05, 3.63) is 119 Å². The highest BCUT2D eigenvalue weighted by Crippen LogP contribution is 2.43. The number of tetrazole rings is 1. The van der Waals surface area contributed by atoms with Crippen molar-refractivity contribution in [2.45, 2.75) is 36.5 Å². The molecule has 0 spiro atoms. The zero-order chi connectivity index (χ0) is 43.2. The largest absolute Gasteiger partial charge is 0.448 e. The molecule has 22 heteroatoms. The third-order valence-electron chi connectivity index (χ3n) is 8.80. The van der Waals surface area contributed by atoms with Crippen LogP contribution in [0.4, 0.5) is 6.01 Å². The van der Waals surface area contributed by atoms with Gasteiger partial charge in [0.05, 0.1) is 5.56 Å². The van der Waals surface area contributed by atoms with E-state index in [1.54, 1.807) is 7.05 Å². The number of esters is 3. The Morgan fingerprint density at radius 3 is 2.25 bits per heavy atom. The van der Waals surface area contributed by atoms with Crippen LogP contribution in [0.5, 0.6) is 11.5 Å². The third kappa shape index (κ3) is 9.44. The van der Waals surface area contributed by atoms with Gasteiger partial charge in [0.1, 0.15) is 29.1 Å². The van der Waals surface area contributed by atoms with E-state index in [-0.39, 0.29) is 46.0 Å². The maximum Gasteiger partial charge on any atom is 0.365 e. The molecular formula is C39H33N9O11S2. The molecular weight excluding hydrogens is 835 g/mol. The summed E-state index contributed by atoms with van der Waals surface area (Å²) in [5.41, 5.74) is 6.60. The standard InChI is InChI=1S/C39H33N9O11S2/c1-20(49)56-27-15-14-24(16-28(27)57-21(2)50)36(53)59-44-29(26-17-55-38(40)41-26)33(51)42-30-34(52)48-31(25(18-60-35(30)48)19-61-39-43-45-46-47(39)3)37(54)58-32(22-10-6-4-7-11-22)23-12-8-5-9-13-23/h4-17,30,32,35H,18-19H2,1-3H3,(H2,40,41)(H,42,51)/t30-,35+/m1/s1. The summed E-state index contributed by atoms with van der Waals surface area (Å²) in [7, 11) is 1.67. The molecule has 2 aliphatic rings. The van der Waals surface area contributed by atoms with E-state index in [1.807, 2.05) is 60.7 Å². The number of hydrogen-bond acceptors (Lipinski definition) is 19. The van der Waals surface area contributed by atoms with Crippen molar-refractivity contribution in [1.82, 2.24) is 35.4 Å². The highest BCUT2D eigenvalue weighted by atomic mass is 32.2. The fraction of sp³-hybridized carbons (Fsp3) is 0.205. The molecule has 1 saturated heterocycles. The molecule has 3 aromatic carbocycles. The van der Waals surface area contributed by atoms with Gasteiger partial charge in [0.2, 0.25) is 5.16 Å². The van der Waals surface area contributed by atoms with E-state index in [1.165, 1.54) is 45.2 Å². The van der Waals surface area contributed by atoms with Gasteiger partial charge in [-0.25, -0.2) is 14.3 Å². The van der Waals surface area contributed by atoms with Gasteiger partial charge in [0.15, 0.2) is 23.3 Å². The zero-order valence-electron chi connectivity index (χ0n) is 32.2. The van der Waals surface area contributed by atoms with Crippen molar-refractivity contribution in [3.8, 4) is 11.5 Å². The Hall–Kier alpha value is -7.33. The number of thioether (sulfide) groups is 2. The second-order valence-corrected chi connectivity index (χ2v) is 15.1. The van der Waals surface area contributed by atoms with Crippen LogP contribution in [0.25, 0.3) is 0 Å². The number of oxazole rings is 1. The number of anilines is 1. The SMILES string of the molecule is CC(=O)Oc1ccc(C(=O)ON=C(C(=O)N[C@@H]2C(=O)N3C(C(=O)OC(c4ccccc4)c4ccccc4)=C(CSc4nnnn4C)CS[C@@H]23)c2coc(N)n2)cc1OC(C)=O. The van der Waals surface area contributed by atoms with Gasteiger partial charge in [-0.3, -0.25) is 24.1 Å². The maximum absolute atomic E-state index is 14.4. The minimum absolute atomic E-state index is 0.0127. The molecule has 0 unspecified atom stereocenters. The first-order valence-electron chi connectivity index (χ1n) is 18.0. The van der Waals surface area contributed by atoms with Crippen LogP contribution in [0.2, 0.25) is 0 Å². The van der Waals surface area contributed by atoms with Crippen LogP contribution in [0.3, 0.4) is 0 Å². The number of β-lactam (4-membered cyclic amide) rings is 1. The average Bonchev–Trinajstić information content (AvgIpc) is 3.88. The van der Waals surface area contributed by atoms with Crippen LogP contribution in [-0.4, -0.2) is 94.4 Å². The van der Waals surface area contributed by atoms with Gasteiger partial charge in [-0.15, -0.1) is 16.9 Å². The van der Waals surface area contributed by atoms with Gasteiger partial charge in [-0.2, -0.15) is 4.98 Å². The summed E-state index contributed by atoms with van der Waals surface area (Å²) in [6.07, 6.45) is 0.164. The number of amides is 2. The van der Waals surface area contributed by atoms with Crippen molar-refractivity contribution < 1.29 is 52.2 Å². The minimum Gasteiger partial charge on any atom is -0.448 e. The Morgan fingerprint density at radius 1 is 0.967 bits per heavy atom. The summed E-state index contributed by atoms with van der Waals surface area (Å²) in [5, 5.41) is 17.6. The average molecular weight is 868 g/mol. The summed E-state index contributed by atoms with van der Waals surface area (Å²) in [5.74, 6) is -4.94. The van der Waals surface area contributed by atoms with E-state index in [0.29, 0.717) is 21.9 Å². The molecule has 2 amide bonds. The number of oxime groups is 1. The minimum atomic E-state index is -1.19. The quantitative estimate of drug-likeness (QED) is 0.0309. The molecule has 1 fully saturated rings. The number of rotatable bonds is 14. The number of aryl methyl sites for hydroxylation is 1. The Kier molecular flexibility index (Phi) is 12.5. The number of nitrogens with one attached hydrogen (secondary N) is 1. The number of hydrogen-bond donors (Lipinski definition) is 2. The van der Waals surface area contributed by atoms with E-state index in [4.69, 9.17) is 29.2 Å². The molecule has 0 saturated carbocycles. The molecule has 61 heavy (non-hydrogen) atoms. The highest BCUT2D eigenvalue weighted by Gasteiger charge is 2.55. The van der Waals surface area contributed by atoms with Crippen molar-refractivity contribution in [2.24, 2.45) is 12.2 Å². The molecule has 3 N–H and O–H groups in total. The summed E-state index contributed by atoms with van der Waals surface area (Å²) >= 11 is 2.56. The summed E-state index contributed by atoms with van der Waals surface area (Å²) in [4.78, 5) is 89.0. The molecule has 4 heterocycles. The predicted molar refractivity (Wildman–Crippen MR) is 214 cm³/mol. The number of fused-ring (bicyclic) bond motifs is 1. The molecule has 312 valence electrons. The van der Waals surface area contributed by atoms with Crippen molar-refractivity contribution >= 4 is 70.9 Å². The summed E-state index contributed by atoms with van der Waals surface area (Å²) in [6, 6.07) is 20.2. The molecule has 2 aromatic heterocycles. The monoisotopic (exact) mass is 867 g/mol. The number of nitrogens with two attached hydrogens (primary N) is 1. The molecule has 20 nitrogen and oxygen atoms in total. The first-order valence-corrected chi connectivity index (χ1v) is 20.1. The van der Waals surface area contributed by atoms with Crippen LogP contribution < -0.4 is 20.5 Å². The number of carbonyl (C=O) groups excluding carboxylic acids is 6. The lowest BCUT2D eigenvalue weighted by Gasteiger charge is -2.49. The number of carbonyl (C=O) groups is 6. The normalized spacial score (nSPS) is 16.0. The number of ether oxygens (including phenoxy) is 3. The van der Waals surface area contributed by atoms with E-state index in [0.717, 1.165) is 26.2 Å². The lowest BCUT2D eigenvalue weighted by atomic mass is 10.0. The number of aromatic nitrogens is 5. The van der Waals surface area contributed by atoms with Crippen molar-refractivity contribution in [2.75, 3.05) is 17.2 Å². The number of nitrogens with zero attached hydrogens (tertiary/aromatic N) is 7. The second kappa shape index (κ2) is 18.3. The molecule has 0 radical (unpaired) electrons. The lowest BCUT2D eigenvalue weighted by molar-refractivity contribution is -0.154. The van der Waals surface area contributed by atoms with Crippen molar-refractivity contribution in [1.29, 1.82) is 0 Å². The summed E-state index contributed by atoms with van der Waals surface area (Å²) < 4.78 is 22.9. The first-order chi connectivity index (χ1) is 29.4. The third-order valence-corrected chi connectivity index (χ3v) is 11.2. The van der Waals surface area contributed by atoms with Crippen LogP contribution in [0, 0.1) is 0 Å². The fourth-order valence-corrected chi connectivity index (χ4v) is 8.42. The molecule has 7 rings (SSSR count). The molecule has 2 atom stereocenters. The van der Waals surface area contributed by atoms with E-state index in [2.05, 4.69) is 31.0 Å². The van der Waals surface area contributed by atoms with Crippen LogP contribution in [0.15, 0.2) is 111 Å². The van der Waals surface area contributed by atoms with Gasteiger partial charge in [0.25, 0.3) is 17.8 Å². The number of nitrogen functional groups attached to an aromatic ring is 1. The van der Waals surface area contributed by atoms with Gasteiger partial charge >= 0.3 is 23.9 Å². The highest BCUT2D eigenvalue weighted by molar-refractivity contribution is 8.01. The fourth-order valence-electron chi connectivity index (χ4n) is 6.08. The Morgan fingerprint density at radius 2 is 1.64 bits per heavy atom. The van der Waals surface area contributed by atoms with E-state index < -0.39 is 58.9 Å². The second-order valence-electron chi connectivity index (χ2n) is 13.0. The Labute approximate surface area is 353 Å². The van der Waals surface area contributed by atoms with E-state index >= 15 is 0 Å². The van der Waals surface area contributed by atoms with Gasteiger partial charge in [-0.1, -0.05) is 77.6 Å². The van der Waals surface area contributed by atoms with Crippen LogP contribution >= 0.6 is 23.5 Å². The predicted octanol–water partition coefficient (Wildman–Crippen LogP) is 2.97. The van der Waals surface area contributed by atoms with E-state index in [9.17, 15) is 28.8 Å². The Bertz CT molecular complexity index is 2540. The maximum atomic E-state index is 14.4. The molecule has 0 aliphatic carbocycles. The van der Waals surface area contributed by atoms with Gasteiger partial charge < -0.3 is 34.5 Å². The molecule has 5 aromatic rings. The smallest absolute Gasteiger partial charge is 0.365 e. The topological polar surface area (TPSA) is 263 Å². The summed E-state index contributed by atoms with van der Waals surface area (Å²) in [6.45, 7) is 2.24. The van der Waals surface area contributed by atoms with Gasteiger partial charge in [0, 0.05) is 32.4 Å². The first kappa shape index (κ1) is 41.8. The van der Waals surface area contributed by atoms with Crippen LogP contribution in [-0.2, 0) is 40.6 Å². The van der Waals surface area contributed by atoms with Crippen molar-refractivity contribution in [3.63, 3.8) is 0 Å².